The van der Waals surface area contributed by atoms with Crippen molar-refractivity contribution in [2.24, 2.45) is 0 Å². The molecule has 1 aliphatic rings. The van der Waals surface area contributed by atoms with Crippen LogP contribution >= 0.6 is 11.6 Å². The van der Waals surface area contributed by atoms with E-state index in [1.165, 1.54) is 6.20 Å². The lowest BCUT2D eigenvalue weighted by molar-refractivity contribution is 0.0725. The van der Waals surface area contributed by atoms with Gasteiger partial charge in [0.1, 0.15) is 11.5 Å². The minimum atomic E-state index is -0.263. The molecule has 25 heavy (non-hydrogen) atoms. The molecular weight excluding hydrogens is 344 g/mol. The molecule has 0 bridgehead atoms. The summed E-state index contributed by atoms with van der Waals surface area (Å²) >= 11 is 5.97. The van der Waals surface area contributed by atoms with Crippen LogP contribution in [0.15, 0.2) is 35.5 Å². The van der Waals surface area contributed by atoms with Crippen LogP contribution in [0.2, 0.25) is 5.02 Å². The lowest BCUT2D eigenvalue weighted by Crippen LogP contribution is -2.39. The number of aromatic amines is 2. The van der Waals surface area contributed by atoms with Gasteiger partial charge in [0.2, 0.25) is 0 Å². The van der Waals surface area contributed by atoms with Crippen LogP contribution in [0, 0.1) is 0 Å². The Morgan fingerprint density at radius 2 is 2.08 bits per heavy atom. The smallest absolute Gasteiger partial charge is 0.273 e. The average molecular weight is 357 g/mol. The van der Waals surface area contributed by atoms with E-state index in [9.17, 15) is 9.59 Å². The molecule has 0 unspecified atom stereocenters. The molecule has 1 aliphatic heterocycles. The predicted octanol–water partition coefficient (Wildman–Crippen LogP) is 1.41. The summed E-state index contributed by atoms with van der Waals surface area (Å²) in [5.74, 6) is 0.195. The van der Waals surface area contributed by atoms with Gasteiger partial charge in [-0.1, -0.05) is 11.6 Å². The van der Waals surface area contributed by atoms with Gasteiger partial charge in [0, 0.05) is 30.1 Å². The monoisotopic (exact) mass is 356 g/mol. The first kappa shape index (κ1) is 15.5. The molecule has 2 N–H and O–H groups in total. The Hall–Kier alpha value is -3.00. The first-order valence-corrected chi connectivity index (χ1v) is 8.02. The van der Waals surface area contributed by atoms with E-state index in [1.54, 1.807) is 29.4 Å². The molecule has 8 nitrogen and oxygen atoms in total. The fraction of sp³-hybridized carbons (Fsp3) is 0.188. The number of fused-ring (bicyclic) bond motifs is 1. The van der Waals surface area contributed by atoms with Crippen molar-refractivity contribution in [3.63, 3.8) is 0 Å². The molecule has 0 saturated carbocycles. The normalized spacial score (nSPS) is 13.6. The second-order valence-corrected chi connectivity index (χ2v) is 6.05. The number of nitrogens with one attached hydrogen (secondary N) is 2. The van der Waals surface area contributed by atoms with Gasteiger partial charge in [-0.2, -0.15) is 5.10 Å². The molecule has 0 saturated heterocycles. The molecule has 3 aromatic heterocycles. The second-order valence-electron chi connectivity index (χ2n) is 5.65. The molecule has 3 aromatic rings. The quantitative estimate of drug-likeness (QED) is 0.721. The summed E-state index contributed by atoms with van der Waals surface area (Å²) < 4.78 is 0. The molecule has 4 heterocycles. The third-order valence-electron chi connectivity index (χ3n) is 4.12. The van der Waals surface area contributed by atoms with E-state index in [0.717, 1.165) is 5.56 Å². The first-order valence-electron chi connectivity index (χ1n) is 7.64. The Bertz CT molecular complexity index is 997. The summed E-state index contributed by atoms with van der Waals surface area (Å²) in [7, 11) is 0. The summed E-state index contributed by atoms with van der Waals surface area (Å²) in [4.78, 5) is 37.8. The highest BCUT2D eigenvalue weighted by Gasteiger charge is 2.27. The van der Waals surface area contributed by atoms with Crippen LogP contribution in [0.25, 0.3) is 11.4 Å². The van der Waals surface area contributed by atoms with Crippen molar-refractivity contribution in [3.8, 4) is 11.4 Å². The maximum Gasteiger partial charge on any atom is 0.273 e. The molecule has 9 heteroatoms. The molecule has 0 aromatic carbocycles. The highest BCUT2D eigenvalue weighted by molar-refractivity contribution is 6.33. The number of amides is 1. The number of aromatic nitrogens is 5. The third-order valence-corrected chi connectivity index (χ3v) is 4.41. The Morgan fingerprint density at radius 3 is 2.80 bits per heavy atom. The van der Waals surface area contributed by atoms with Crippen LogP contribution in [0.4, 0.5) is 0 Å². The summed E-state index contributed by atoms with van der Waals surface area (Å²) in [5, 5.41) is 6.65. The van der Waals surface area contributed by atoms with Crippen LogP contribution in [0.3, 0.4) is 0 Å². The second kappa shape index (κ2) is 6.14. The number of nitrogens with zero attached hydrogens (tertiary/aromatic N) is 4. The molecule has 0 aliphatic carbocycles. The Kier molecular flexibility index (Phi) is 3.81. The van der Waals surface area contributed by atoms with E-state index in [2.05, 4.69) is 25.1 Å². The minimum absolute atomic E-state index is 0.177. The summed E-state index contributed by atoms with van der Waals surface area (Å²) in [5.41, 5.74) is 2.02. The Balaban J connectivity index is 1.68. The van der Waals surface area contributed by atoms with Crippen LogP contribution < -0.4 is 5.56 Å². The van der Waals surface area contributed by atoms with Crippen molar-refractivity contribution in [1.82, 2.24) is 30.0 Å². The number of carbonyl (C=O) groups is 1. The van der Waals surface area contributed by atoms with E-state index in [0.29, 0.717) is 30.0 Å². The summed E-state index contributed by atoms with van der Waals surface area (Å²) in [6.07, 6.45) is 5.08. The van der Waals surface area contributed by atoms with Gasteiger partial charge < -0.3 is 9.88 Å². The van der Waals surface area contributed by atoms with Gasteiger partial charge in [0.15, 0.2) is 0 Å². The minimum Gasteiger partial charge on any atom is -0.331 e. The maximum atomic E-state index is 12.6. The van der Waals surface area contributed by atoms with E-state index in [1.807, 2.05) is 0 Å². The Morgan fingerprint density at radius 1 is 1.28 bits per heavy atom. The molecular formula is C16H13ClN6O2. The molecule has 4 rings (SSSR count). The van der Waals surface area contributed by atoms with E-state index in [-0.39, 0.29) is 28.7 Å². The molecule has 126 valence electrons. The fourth-order valence-electron chi connectivity index (χ4n) is 2.84. The number of hydrogen-bond acceptors (Lipinski definition) is 5. The lowest BCUT2D eigenvalue weighted by Gasteiger charge is -2.27. The number of hydrogen-bond donors (Lipinski definition) is 2. The van der Waals surface area contributed by atoms with Crippen LogP contribution in [-0.4, -0.2) is 42.5 Å². The summed E-state index contributed by atoms with van der Waals surface area (Å²) in [6, 6.07) is 3.53. The topological polar surface area (TPSA) is 108 Å². The van der Waals surface area contributed by atoms with Gasteiger partial charge in [0.25, 0.3) is 11.5 Å². The number of carbonyl (C=O) groups excluding carboxylic acids is 1. The highest BCUT2D eigenvalue weighted by atomic mass is 35.5. The standard InChI is InChI=1S/C16H13ClN6O2/c17-11-7-19-22-13(11)16(25)23-6-3-10-12(8-23)20-14(21-15(10)24)9-1-4-18-5-2-9/h1-2,4-5,7H,3,6,8H2,(H,19,22)(H,20,21,24). The third kappa shape index (κ3) is 2.80. The number of halogens is 1. The maximum absolute atomic E-state index is 12.6. The van der Waals surface area contributed by atoms with Crippen molar-refractivity contribution in [2.75, 3.05) is 6.54 Å². The molecule has 0 atom stereocenters. The van der Waals surface area contributed by atoms with Gasteiger partial charge in [-0.05, 0) is 18.6 Å². The fourth-order valence-corrected chi connectivity index (χ4v) is 3.01. The molecule has 0 radical (unpaired) electrons. The van der Waals surface area contributed by atoms with Crippen LogP contribution in [0.5, 0.6) is 0 Å². The van der Waals surface area contributed by atoms with Gasteiger partial charge >= 0.3 is 0 Å². The van der Waals surface area contributed by atoms with Crippen molar-refractivity contribution in [3.05, 3.63) is 63.1 Å². The SMILES string of the molecule is O=C(c1[nH]ncc1Cl)N1CCc2c(nc(-c3ccncc3)[nH]c2=O)C1. The number of H-pyrrole nitrogens is 2. The van der Waals surface area contributed by atoms with Gasteiger partial charge in [0.05, 0.1) is 23.5 Å². The summed E-state index contributed by atoms with van der Waals surface area (Å²) in [6.45, 7) is 0.659. The lowest BCUT2D eigenvalue weighted by atomic mass is 10.1. The van der Waals surface area contributed by atoms with E-state index >= 15 is 0 Å². The van der Waals surface area contributed by atoms with Gasteiger partial charge in [-0.25, -0.2) is 4.98 Å². The zero-order chi connectivity index (χ0) is 17.4. The molecule has 0 fully saturated rings. The van der Waals surface area contributed by atoms with Gasteiger partial charge in [-0.3, -0.25) is 19.7 Å². The van der Waals surface area contributed by atoms with Crippen molar-refractivity contribution < 1.29 is 4.79 Å². The zero-order valence-corrected chi connectivity index (χ0v) is 13.7. The zero-order valence-electron chi connectivity index (χ0n) is 13.0. The highest BCUT2D eigenvalue weighted by Crippen LogP contribution is 2.21. The Labute approximate surface area is 146 Å². The van der Waals surface area contributed by atoms with Crippen LogP contribution in [-0.2, 0) is 13.0 Å². The average Bonchev–Trinajstić information content (AvgIpc) is 3.07. The van der Waals surface area contributed by atoms with Crippen molar-refractivity contribution >= 4 is 17.5 Å². The van der Waals surface area contributed by atoms with E-state index < -0.39 is 0 Å². The number of rotatable bonds is 2. The van der Waals surface area contributed by atoms with Crippen LogP contribution in [0.1, 0.15) is 21.7 Å². The van der Waals surface area contributed by atoms with Crippen molar-refractivity contribution in [2.45, 2.75) is 13.0 Å². The first-order chi connectivity index (χ1) is 12.1. The van der Waals surface area contributed by atoms with Crippen molar-refractivity contribution in [1.29, 1.82) is 0 Å². The molecule has 1 amide bonds. The largest absolute Gasteiger partial charge is 0.331 e. The number of pyridine rings is 1. The van der Waals surface area contributed by atoms with E-state index in [4.69, 9.17) is 11.6 Å². The van der Waals surface area contributed by atoms with Gasteiger partial charge in [-0.15, -0.1) is 0 Å². The predicted molar refractivity (Wildman–Crippen MR) is 90.1 cm³/mol. The molecule has 0 spiro atoms.